The first-order chi connectivity index (χ1) is 14.4. The van der Waals surface area contributed by atoms with Crippen LogP contribution in [0.5, 0.6) is 0 Å². The fourth-order valence-electron chi connectivity index (χ4n) is 4.44. The van der Waals surface area contributed by atoms with Crippen molar-refractivity contribution in [1.29, 1.82) is 0 Å². The summed E-state index contributed by atoms with van der Waals surface area (Å²) in [6.45, 7) is 1.23. The summed E-state index contributed by atoms with van der Waals surface area (Å²) in [4.78, 5) is 15.3. The first-order valence-electron chi connectivity index (χ1n) is 10.2. The van der Waals surface area contributed by atoms with Gasteiger partial charge in [-0.25, -0.2) is 12.8 Å². The molecular weight excluding hydrogens is 471 g/mol. The zero-order chi connectivity index (χ0) is 21.3. The van der Waals surface area contributed by atoms with Crippen molar-refractivity contribution in [2.24, 2.45) is 5.92 Å². The zero-order valence-corrected chi connectivity index (χ0v) is 18.9. The third kappa shape index (κ3) is 4.31. The molecule has 0 aliphatic carbocycles. The molecule has 30 heavy (non-hydrogen) atoms. The van der Waals surface area contributed by atoms with Crippen LogP contribution in [0.25, 0.3) is 0 Å². The van der Waals surface area contributed by atoms with E-state index >= 15 is 0 Å². The number of hydrogen-bond donors (Lipinski definition) is 0. The predicted octanol–water partition coefficient (Wildman–Crippen LogP) is 4.35. The van der Waals surface area contributed by atoms with Crippen molar-refractivity contribution in [3.63, 3.8) is 0 Å². The van der Waals surface area contributed by atoms with Crippen LogP contribution in [0.15, 0.2) is 57.9 Å². The number of carbonyl (C=O) groups is 1. The standard InChI is InChI=1S/C22H24BrFN2O3S/c23-18-6-1-4-16(14-18)21-7-3-13-26(21)22(27)17-5-2-12-25(15-17)30(28,29)20-10-8-19(24)9-11-20/h1,4,6,8-11,14,17,21H,2-3,5,7,12-13,15H2. The van der Waals surface area contributed by atoms with Crippen molar-refractivity contribution in [3.05, 3.63) is 64.4 Å². The van der Waals surface area contributed by atoms with E-state index in [2.05, 4.69) is 15.9 Å². The second-order valence-electron chi connectivity index (χ2n) is 7.90. The molecule has 2 atom stereocenters. The summed E-state index contributed by atoms with van der Waals surface area (Å²) in [5, 5.41) is 0. The molecule has 2 aromatic rings. The lowest BCUT2D eigenvalue weighted by molar-refractivity contribution is -0.137. The maximum Gasteiger partial charge on any atom is 0.243 e. The molecule has 4 rings (SSSR count). The fourth-order valence-corrected chi connectivity index (χ4v) is 6.38. The van der Waals surface area contributed by atoms with Gasteiger partial charge >= 0.3 is 0 Å². The van der Waals surface area contributed by atoms with Gasteiger partial charge in [-0.2, -0.15) is 4.31 Å². The molecule has 8 heteroatoms. The smallest absolute Gasteiger partial charge is 0.243 e. The second-order valence-corrected chi connectivity index (χ2v) is 10.8. The Morgan fingerprint density at radius 2 is 1.77 bits per heavy atom. The number of amides is 1. The van der Waals surface area contributed by atoms with Crippen LogP contribution in [0, 0.1) is 11.7 Å². The highest BCUT2D eigenvalue weighted by Gasteiger charge is 2.38. The van der Waals surface area contributed by atoms with E-state index in [9.17, 15) is 17.6 Å². The van der Waals surface area contributed by atoms with Gasteiger partial charge in [-0.15, -0.1) is 0 Å². The minimum absolute atomic E-state index is 0.0245. The van der Waals surface area contributed by atoms with Crippen LogP contribution in [-0.2, 0) is 14.8 Å². The maximum absolute atomic E-state index is 13.4. The number of sulfonamides is 1. The lowest BCUT2D eigenvalue weighted by Crippen LogP contribution is -2.46. The van der Waals surface area contributed by atoms with Gasteiger partial charge in [0.1, 0.15) is 5.82 Å². The Bertz CT molecular complexity index is 1030. The number of carbonyl (C=O) groups excluding carboxylic acids is 1. The lowest BCUT2D eigenvalue weighted by atomic mass is 9.96. The molecule has 0 bridgehead atoms. The molecule has 2 unspecified atom stereocenters. The van der Waals surface area contributed by atoms with Crippen molar-refractivity contribution >= 4 is 31.9 Å². The Morgan fingerprint density at radius 3 is 2.50 bits per heavy atom. The Labute approximate surface area is 185 Å². The van der Waals surface area contributed by atoms with Gasteiger partial charge in [-0.05, 0) is 67.6 Å². The summed E-state index contributed by atoms with van der Waals surface area (Å²) in [6.07, 6.45) is 3.15. The number of hydrogen-bond acceptors (Lipinski definition) is 3. The van der Waals surface area contributed by atoms with E-state index in [1.165, 1.54) is 16.4 Å². The predicted molar refractivity (Wildman–Crippen MR) is 116 cm³/mol. The van der Waals surface area contributed by atoms with Crippen molar-refractivity contribution in [2.45, 2.75) is 36.6 Å². The van der Waals surface area contributed by atoms with Crippen molar-refractivity contribution in [1.82, 2.24) is 9.21 Å². The number of piperidine rings is 1. The molecule has 0 spiro atoms. The highest BCUT2D eigenvalue weighted by Crippen LogP contribution is 2.35. The molecular formula is C22H24BrFN2O3S. The SMILES string of the molecule is O=C(C1CCCN(S(=O)(=O)c2ccc(F)cc2)C1)N1CCCC1c1cccc(Br)c1. The fraction of sp³-hybridized carbons (Fsp3) is 0.409. The highest BCUT2D eigenvalue weighted by atomic mass is 79.9. The summed E-state index contributed by atoms with van der Waals surface area (Å²) in [7, 11) is -3.75. The van der Waals surface area contributed by atoms with Gasteiger partial charge in [0.25, 0.3) is 0 Å². The van der Waals surface area contributed by atoms with E-state index < -0.39 is 15.8 Å². The van der Waals surface area contributed by atoms with E-state index in [4.69, 9.17) is 0 Å². The van der Waals surface area contributed by atoms with E-state index in [1.807, 2.05) is 29.2 Å². The summed E-state index contributed by atoms with van der Waals surface area (Å²) in [6, 6.07) is 12.9. The largest absolute Gasteiger partial charge is 0.335 e. The normalized spacial score (nSPS) is 22.9. The van der Waals surface area contributed by atoms with Crippen LogP contribution in [0.1, 0.15) is 37.3 Å². The Kier molecular flexibility index (Phi) is 6.27. The van der Waals surface area contributed by atoms with Gasteiger partial charge in [-0.1, -0.05) is 28.1 Å². The van der Waals surface area contributed by atoms with E-state index in [1.54, 1.807) is 0 Å². The molecule has 1 amide bonds. The molecule has 2 aromatic carbocycles. The molecule has 0 saturated carbocycles. The second kappa shape index (κ2) is 8.77. The third-order valence-electron chi connectivity index (χ3n) is 5.95. The number of halogens is 2. The molecule has 2 fully saturated rings. The minimum Gasteiger partial charge on any atom is -0.335 e. The van der Waals surface area contributed by atoms with Crippen molar-refractivity contribution < 1.29 is 17.6 Å². The van der Waals surface area contributed by atoms with Gasteiger partial charge < -0.3 is 4.90 Å². The van der Waals surface area contributed by atoms with Crippen molar-refractivity contribution in [3.8, 4) is 0 Å². The van der Waals surface area contributed by atoms with Crippen LogP contribution < -0.4 is 0 Å². The van der Waals surface area contributed by atoms with Crippen LogP contribution in [0.3, 0.4) is 0 Å². The Morgan fingerprint density at radius 1 is 1.03 bits per heavy atom. The molecule has 5 nitrogen and oxygen atoms in total. The zero-order valence-electron chi connectivity index (χ0n) is 16.5. The van der Waals surface area contributed by atoms with Gasteiger partial charge in [0.05, 0.1) is 16.9 Å². The summed E-state index contributed by atoms with van der Waals surface area (Å²) < 4.78 is 41.5. The number of rotatable bonds is 4. The van der Waals surface area contributed by atoms with Crippen LogP contribution in [-0.4, -0.2) is 43.2 Å². The Hall–Kier alpha value is -1.77. The molecule has 2 aliphatic heterocycles. The molecule has 160 valence electrons. The minimum atomic E-state index is -3.75. The van der Waals surface area contributed by atoms with E-state index in [0.29, 0.717) is 25.9 Å². The quantitative estimate of drug-likeness (QED) is 0.634. The van der Waals surface area contributed by atoms with Crippen LogP contribution in [0.2, 0.25) is 0 Å². The average molecular weight is 495 g/mol. The van der Waals surface area contributed by atoms with Gasteiger partial charge in [-0.3, -0.25) is 4.79 Å². The van der Waals surface area contributed by atoms with Gasteiger partial charge in [0.2, 0.25) is 15.9 Å². The first kappa shape index (κ1) is 21.5. The van der Waals surface area contributed by atoms with Crippen LogP contribution in [0.4, 0.5) is 4.39 Å². The van der Waals surface area contributed by atoms with E-state index in [0.717, 1.165) is 35.0 Å². The number of likely N-dealkylation sites (tertiary alicyclic amines) is 1. The van der Waals surface area contributed by atoms with E-state index in [-0.39, 0.29) is 29.3 Å². The maximum atomic E-state index is 13.4. The monoisotopic (exact) mass is 494 g/mol. The molecule has 0 radical (unpaired) electrons. The summed E-state index contributed by atoms with van der Waals surface area (Å²) in [5.41, 5.74) is 1.10. The molecule has 2 heterocycles. The molecule has 2 saturated heterocycles. The van der Waals surface area contributed by atoms with Gasteiger partial charge in [0.15, 0.2) is 0 Å². The third-order valence-corrected chi connectivity index (χ3v) is 8.33. The van der Waals surface area contributed by atoms with Gasteiger partial charge in [0, 0.05) is 24.1 Å². The van der Waals surface area contributed by atoms with Crippen molar-refractivity contribution in [2.75, 3.05) is 19.6 Å². The molecule has 0 N–H and O–H groups in total. The summed E-state index contributed by atoms with van der Waals surface area (Å²) in [5.74, 6) is -0.813. The van der Waals surface area contributed by atoms with Crippen LogP contribution >= 0.6 is 15.9 Å². The lowest BCUT2D eigenvalue weighted by Gasteiger charge is -2.35. The molecule has 0 aromatic heterocycles. The topological polar surface area (TPSA) is 57.7 Å². The highest BCUT2D eigenvalue weighted by molar-refractivity contribution is 9.10. The summed E-state index contributed by atoms with van der Waals surface area (Å²) >= 11 is 3.50. The number of benzene rings is 2. The first-order valence-corrected chi connectivity index (χ1v) is 12.4. The number of nitrogens with zero attached hydrogens (tertiary/aromatic N) is 2. The molecule has 2 aliphatic rings. The Balaban J connectivity index is 1.51. The average Bonchev–Trinajstić information content (AvgIpc) is 3.23.